The smallest absolute Gasteiger partial charge is 0.334 e. The van der Waals surface area contributed by atoms with Crippen LogP contribution in [-0.2, 0) is 9.53 Å². The second kappa shape index (κ2) is 5.69. The molecule has 0 heterocycles. The molecular formula is C8H15NO3. The SMILES string of the molecule is CCCOC(=O)C(N=O)C(C)C. The zero-order chi connectivity index (χ0) is 9.56. The highest BCUT2D eigenvalue weighted by molar-refractivity contribution is 5.76. The zero-order valence-electron chi connectivity index (χ0n) is 7.74. The Hall–Kier alpha value is -0.930. The Morgan fingerprint density at radius 1 is 1.50 bits per heavy atom. The van der Waals surface area contributed by atoms with Gasteiger partial charge in [0.05, 0.1) is 6.61 Å². The molecule has 0 radical (unpaired) electrons. The number of esters is 1. The fourth-order valence-corrected chi connectivity index (χ4v) is 0.725. The van der Waals surface area contributed by atoms with Crippen LogP contribution in [0, 0.1) is 10.8 Å². The predicted octanol–water partition coefficient (Wildman–Crippen LogP) is 1.73. The van der Waals surface area contributed by atoms with Crippen molar-refractivity contribution in [3.63, 3.8) is 0 Å². The highest BCUT2D eigenvalue weighted by Crippen LogP contribution is 2.07. The van der Waals surface area contributed by atoms with E-state index in [1.54, 1.807) is 13.8 Å². The third-order valence-electron chi connectivity index (χ3n) is 1.43. The minimum atomic E-state index is -0.850. The largest absolute Gasteiger partial charge is 0.464 e. The molecule has 0 amide bonds. The molecular weight excluding hydrogens is 158 g/mol. The molecule has 1 atom stereocenters. The van der Waals surface area contributed by atoms with Gasteiger partial charge in [0, 0.05) is 0 Å². The summed E-state index contributed by atoms with van der Waals surface area (Å²) in [5.74, 6) is -0.603. The monoisotopic (exact) mass is 173 g/mol. The molecule has 4 heteroatoms. The Morgan fingerprint density at radius 3 is 2.42 bits per heavy atom. The van der Waals surface area contributed by atoms with E-state index in [9.17, 15) is 9.70 Å². The predicted molar refractivity (Wildman–Crippen MR) is 45.7 cm³/mol. The summed E-state index contributed by atoms with van der Waals surface area (Å²) in [4.78, 5) is 21.3. The van der Waals surface area contributed by atoms with Gasteiger partial charge in [0.2, 0.25) is 0 Å². The van der Waals surface area contributed by atoms with E-state index in [0.717, 1.165) is 6.42 Å². The van der Waals surface area contributed by atoms with E-state index in [2.05, 4.69) is 5.18 Å². The third kappa shape index (κ3) is 3.46. The van der Waals surface area contributed by atoms with Gasteiger partial charge in [-0.15, -0.1) is 4.91 Å². The molecule has 12 heavy (non-hydrogen) atoms. The lowest BCUT2D eigenvalue weighted by Crippen LogP contribution is -2.26. The number of ether oxygens (including phenoxy) is 1. The minimum absolute atomic E-state index is 0.0909. The number of nitroso groups, excluding NO2 is 1. The van der Waals surface area contributed by atoms with Gasteiger partial charge in [0.15, 0.2) is 6.04 Å². The lowest BCUT2D eigenvalue weighted by molar-refractivity contribution is -0.146. The molecule has 0 N–H and O–H groups in total. The summed E-state index contributed by atoms with van der Waals surface area (Å²) in [5, 5.41) is 2.72. The van der Waals surface area contributed by atoms with E-state index < -0.39 is 12.0 Å². The summed E-state index contributed by atoms with van der Waals surface area (Å²) in [7, 11) is 0. The summed E-state index contributed by atoms with van der Waals surface area (Å²) in [6, 6.07) is -0.850. The van der Waals surface area contributed by atoms with Crippen LogP contribution in [0.3, 0.4) is 0 Å². The molecule has 0 aromatic heterocycles. The van der Waals surface area contributed by atoms with Crippen LogP contribution in [0.4, 0.5) is 0 Å². The summed E-state index contributed by atoms with van der Waals surface area (Å²) >= 11 is 0. The fraction of sp³-hybridized carbons (Fsp3) is 0.875. The van der Waals surface area contributed by atoms with Gasteiger partial charge < -0.3 is 4.74 Å². The van der Waals surface area contributed by atoms with Crippen molar-refractivity contribution in [3.05, 3.63) is 4.91 Å². The van der Waals surface area contributed by atoms with Crippen LogP contribution in [0.15, 0.2) is 5.18 Å². The van der Waals surface area contributed by atoms with Crippen LogP contribution >= 0.6 is 0 Å². The van der Waals surface area contributed by atoms with Gasteiger partial charge in [-0.3, -0.25) is 0 Å². The molecule has 4 nitrogen and oxygen atoms in total. The van der Waals surface area contributed by atoms with Gasteiger partial charge in [-0.1, -0.05) is 25.9 Å². The fourth-order valence-electron chi connectivity index (χ4n) is 0.725. The number of carbonyl (C=O) groups is 1. The van der Waals surface area contributed by atoms with Gasteiger partial charge in [0.1, 0.15) is 0 Å². The lowest BCUT2D eigenvalue weighted by Gasteiger charge is -2.11. The van der Waals surface area contributed by atoms with Crippen molar-refractivity contribution in [1.29, 1.82) is 0 Å². The van der Waals surface area contributed by atoms with Crippen molar-refractivity contribution < 1.29 is 9.53 Å². The Balaban J connectivity index is 3.94. The number of rotatable bonds is 5. The molecule has 0 bridgehead atoms. The summed E-state index contributed by atoms with van der Waals surface area (Å²) < 4.78 is 4.77. The Morgan fingerprint density at radius 2 is 2.08 bits per heavy atom. The molecule has 0 aromatic carbocycles. The average Bonchev–Trinajstić information content (AvgIpc) is 2.01. The van der Waals surface area contributed by atoms with Gasteiger partial charge in [-0.25, -0.2) is 4.79 Å². The standard InChI is InChI=1S/C8H15NO3/c1-4-5-12-8(10)7(9-11)6(2)3/h6-7H,4-5H2,1-3H3. The molecule has 1 unspecified atom stereocenters. The molecule has 0 saturated heterocycles. The van der Waals surface area contributed by atoms with E-state index >= 15 is 0 Å². The van der Waals surface area contributed by atoms with E-state index in [1.807, 2.05) is 6.92 Å². The van der Waals surface area contributed by atoms with E-state index in [4.69, 9.17) is 4.74 Å². The Bertz CT molecular complexity index is 156. The minimum Gasteiger partial charge on any atom is -0.464 e. The molecule has 0 spiro atoms. The lowest BCUT2D eigenvalue weighted by atomic mass is 10.1. The number of hydrogen-bond donors (Lipinski definition) is 0. The molecule has 0 aromatic rings. The van der Waals surface area contributed by atoms with Crippen LogP contribution in [-0.4, -0.2) is 18.6 Å². The first-order chi connectivity index (χ1) is 5.63. The molecule has 0 aliphatic rings. The molecule has 0 aliphatic carbocycles. The van der Waals surface area contributed by atoms with Crippen molar-refractivity contribution in [2.45, 2.75) is 33.2 Å². The van der Waals surface area contributed by atoms with Gasteiger partial charge in [0.25, 0.3) is 0 Å². The third-order valence-corrected chi connectivity index (χ3v) is 1.43. The maximum atomic E-state index is 11.1. The molecule has 0 saturated carbocycles. The molecule has 70 valence electrons. The van der Waals surface area contributed by atoms with E-state index in [0.29, 0.717) is 6.61 Å². The quantitative estimate of drug-likeness (QED) is 0.470. The summed E-state index contributed by atoms with van der Waals surface area (Å²) in [6.45, 7) is 5.78. The normalized spacial score (nSPS) is 12.7. The van der Waals surface area contributed by atoms with Gasteiger partial charge in [-0.2, -0.15) is 0 Å². The Labute approximate surface area is 72.3 Å². The topological polar surface area (TPSA) is 55.7 Å². The first-order valence-electron chi connectivity index (χ1n) is 4.12. The number of carbonyl (C=O) groups excluding carboxylic acids is 1. The van der Waals surface area contributed by atoms with E-state index in [1.165, 1.54) is 0 Å². The summed E-state index contributed by atoms with van der Waals surface area (Å²) in [5.41, 5.74) is 0. The summed E-state index contributed by atoms with van der Waals surface area (Å²) in [6.07, 6.45) is 0.759. The average molecular weight is 173 g/mol. The maximum Gasteiger partial charge on any atom is 0.334 e. The number of nitrogens with zero attached hydrogens (tertiary/aromatic N) is 1. The second-order valence-electron chi connectivity index (χ2n) is 2.96. The Kier molecular flexibility index (Phi) is 5.25. The van der Waals surface area contributed by atoms with Crippen molar-refractivity contribution >= 4 is 5.97 Å². The molecule has 0 aliphatic heterocycles. The maximum absolute atomic E-state index is 11.1. The van der Waals surface area contributed by atoms with Crippen LogP contribution in [0.2, 0.25) is 0 Å². The van der Waals surface area contributed by atoms with Gasteiger partial charge >= 0.3 is 5.97 Å². The zero-order valence-corrected chi connectivity index (χ0v) is 7.74. The van der Waals surface area contributed by atoms with Crippen LogP contribution in [0.25, 0.3) is 0 Å². The van der Waals surface area contributed by atoms with Crippen molar-refractivity contribution in [2.75, 3.05) is 6.61 Å². The van der Waals surface area contributed by atoms with Crippen LogP contribution < -0.4 is 0 Å². The molecule has 0 fully saturated rings. The van der Waals surface area contributed by atoms with Crippen molar-refractivity contribution in [2.24, 2.45) is 11.1 Å². The van der Waals surface area contributed by atoms with Crippen molar-refractivity contribution in [1.82, 2.24) is 0 Å². The van der Waals surface area contributed by atoms with Gasteiger partial charge in [-0.05, 0) is 12.3 Å². The van der Waals surface area contributed by atoms with Crippen molar-refractivity contribution in [3.8, 4) is 0 Å². The van der Waals surface area contributed by atoms with Crippen LogP contribution in [0.5, 0.6) is 0 Å². The van der Waals surface area contributed by atoms with Crippen LogP contribution in [0.1, 0.15) is 27.2 Å². The second-order valence-corrected chi connectivity index (χ2v) is 2.96. The van der Waals surface area contributed by atoms with E-state index in [-0.39, 0.29) is 5.92 Å². The highest BCUT2D eigenvalue weighted by atomic mass is 16.5. The highest BCUT2D eigenvalue weighted by Gasteiger charge is 2.24. The molecule has 0 rings (SSSR count). The number of hydrogen-bond acceptors (Lipinski definition) is 4. The first-order valence-corrected chi connectivity index (χ1v) is 4.12. The first kappa shape index (κ1) is 11.1.